The summed E-state index contributed by atoms with van der Waals surface area (Å²) >= 11 is 2.96. The molecule has 0 fully saturated rings. The van der Waals surface area contributed by atoms with Gasteiger partial charge in [0, 0.05) is 70.9 Å². The number of carbonyl (C=O) groups excluding carboxylic acids is 3. The highest BCUT2D eigenvalue weighted by atomic mass is 79.9. The molecule has 98 heavy (non-hydrogen) atoms. The number of diazo groups is 1. The minimum Gasteiger partial charge on any atom is -0.460 e. The number of nitrogens with one attached hydrogen (secondary N) is 1. The number of hydrogen-bond donors (Lipinski definition) is 7. The van der Waals surface area contributed by atoms with Crippen LogP contribution in [0.15, 0.2) is 243 Å². The predicted octanol–water partition coefficient (Wildman–Crippen LogP) is 13.4. The van der Waals surface area contributed by atoms with Crippen molar-refractivity contribution in [3.8, 4) is 12.1 Å². The number of aliphatic hydroxyl groups excluding tert-OH is 6. The highest BCUT2D eigenvalue weighted by molar-refractivity contribution is 9.09. The van der Waals surface area contributed by atoms with Gasteiger partial charge in [-0.15, -0.1) is 0 Å². The van der Waals surface area contributed by atoms with E-state index < -0.39 is 30.3 Å². The molecule has 0 bridgehead atoms. The fraction of sp³-hybridized carbons (Fsp3) is 0.264. The Bertz CT molecular complexity index is 3750. The molecule has 512 valence electrons. The fourth-order valence-electron chi connectivity index (χ4n) is 7.40. The van der Waals surface area contributed by atoms with E-state index in [4.69, 9.17) is 45.4 Å². The van der Waals surface area contributed by atoms with E-state index in [0.717, 1.165) is 22.6 Å². The van der Waals surface area contributed by atoms with Crippen molar-refractivity contribution >= 4 is 90.7 Å². The Morgan fingerprint density at radius 1 is 0.520 bits per heavy atom. The number of benzene rings is 7. The molecule has 0 saturated carbocycles. The Labute approximate surface area is 578 Å². The predicted molar refractivity (Wildman–Crippen MR) is 380 cm³/mol. The molecule has 0 saturated heterocycles. The first kappa shape index (κ1) is 81.2. The quantitative estimate of drug-likeness (QED) is 0.00435. The van der Waals surface area contributed by atoms with E-state index >= 15 is 0 Å². The van der Waals surface area contributed by atoms with Crippen molar-refractivity contribution in [2.75, 3.05) is 92.8 Å². The molecular weight excluding hydrogens is 1320 g/mol. The number of ether oxygens (including phenoxy) is 3. The van der Waals surface area contributed by atoms with Gasteiger partial charge in [-0.25, -0.2) is 14.4 Å². The first-order chi connectivity index (χ1) is 47.1. The third-order valence-corrected chi connectivity index (χ3v) is 13.4. The second-order valence-electron chi connectivity index (χ2n) is 21.0. The molecule has 0 aliphatic carbocycles. The Hall–Kier alpha value is -11.0. The lowest BCUT2D eigenvalue weighted by atomic mass is 10.2. The lowest BCUT2D eigenvalue weighted by Crippen LogP contribution is -2.37. The monoisotopic (exact) mass is 1400 g/mol. The summed E-state index contributed by atoms with van der Waals surface area (Å²) in [5.74, 6) is -1.25. The molecule has 7 N–H and O–H groups in total. The molecule has 7 aromatic rings. The summed E-state index contributed by atoms with van der Waals surface area (Å²) in [5.41, 5.74) is 10.2. The standard InChI is InChI=1S/C29H30N6O4.C15H21NO4.C13H8N5.C12H15NO2.C3H7BrO2/c1-20(2)29(38)39-15-14-35(18-27(37)19-36)26-11-8-24(9-12-26)32-34-28-13-10-25(16-21(28)3)33-31-23-6-4-22(17-30)5-7-23;1-12(2)15(19)20-9-8-16(10-14(18)11-17)13-6-4-3-5-7-13;14-9-10-1-3-12(4-2-10)17-18-13-7-5-11(16-15)6-8-13;1-10(2)12(14)15-9-8-13-11-6-4-3-5-7-11;4-1-3(6)2-5/h4-13,16,27,36-37H,1,14-15,18-19H2,2-3H3;3-7,14,17-18H,1,8-11H2,2H3;1-8H;3-7,13H,1,8-9H2,2H3;3,5-6H,1-2H2/q;;+1;;. The van der Waals surface area contributed by atoms with Crippen LogP contribution < -0.4 is 15.1 Å². The summed E-state index contributed by atoms with van der Waals surface area (Å²) in [6.07, 6.45) is -2.38. The van der Waals surface area contributed by atoms with Gasteiger partial charge in [-0.3, -0.25) is 0 Å². The maximum Gasteiger partial charge on any atom is 0.385 e. The van der Waals surface area contributed by atoms with Crippen molar-refractivity contribution in [2.24, 2.45) is 30.7 Å². The van der Waals surface area contributed by atoms with Gasteiger partial charge >= 0.3 is 23.6 Å². The zero-order valence-electron chi connectivity index (χ0n) is 55.0. The molecule has 0 aromatic heterocycles. The first-order valence-corrected chi connectivity index (χ1v) is 31.4. The summed E-state index contributed by atoms with van der Waals surface area (Å²) in [5, 5.41) is 109. The van der Waals surface area contributed by atoms with Crippen LogP contribution in [0.3, 0.4) is 0 Å². The normalized spacial score (nSPS) is 11.3. The molecule has 3 unspecified atom stereocenters. The van der Waals surface area contributed by atoms with E-state index in [1.807, 2.05) is 108 Å². The Morgan fingerprint density at radius 3 is 1.27 bits per heavy atom. The van der Waals surface area contributed by atoms with E-state index in [-0.39, 0.29) is 52.1 Å². The van der Waals surface area contributed by atoms with Gasteiger partial charge in [0.2, 0.25) is 5.39 Å². The summed E-state index contributed by atoms with van der Waals surface area (Å²) in [4.78, 5) is 40.7. The van der Waals surface area contributed by atoms with Gasteiger partial charge in [0.15, 0.2) is 4.98 Å². The van der Waals surface area contributed by atoms with Gasteiger partial charge in [0.25, 0.3) is 0 Å². The number of aliphatic hydroxyl groups is 6. The van der Waals surface area contributed by atoms with Crippen LogP contribution in [-0.4, -0.2) is 145 Å². The summed E-state index contributed by atoms with van der Waals surface area (Å²) in [6.45, 7) is 18.8. The number of halogens is 1. The molecule has 25 nitrogen and oxygen atoms in total. The number of para-hydroxylation sites is 2. The van der Waals surface area contributed by atoms with Crippen molar-refractivity contribution in [2.45, 2.75) is 46.0 Å². The van der Waals surface area contributed by atoms with Crippen LogP contribution in [0.2, 0.25) is 0 Å². The summed E-state index contributed by atoms with van der Waals surface area (Å²) in [7, 11) is 0. The zero-order chi connectivity index (χ0) is 72.0. The van der Waals surface area contributed by atoms with E-state index in [1.165, 1.54) is 0 Å². The number of carbonyl (C=O) groups is 3. The van der Waals surface area contributed by atoms with Crippen molar-refractivity contribution in [3.63, 3.8) is 0 Å². The molecule has 0 radical (unpaired) electrons. The van der Waals surface area contributed by atoms with Crippen LogP contribution in [-0.2, 0) is 28.6 Å². The van der Waals surface area contributed by atoms with Crippen LogP contribution in [0.4, 0.5) is 56.9 Å². The minimum absolute atomic E-state index is 0.105. The number of hydrogen-bond acceptors (Lipinski definition) is 24. The molecule has 3 atom stereocenters. The van der Waals surface area contributed by atoms with Crippen LogP contribution in [0.25, 0.3) is 4.98 Å². The maximum atomic E-state index is 11.7. The Morgan fingerprint density at radius 2 is 0.888 bits per heavy atom. The second kappa shape index (κ2) is 47.0. The van der Waals surface area contributed by atoms with Crippen LogP contribution in [0, 0.1) is 35.0 Å². The van der Waals surface area contributed by atoms with Crippen molar-refractivity contribution in [3.05, 3.63) is 234 Å². The van der Waals surface area contributed by atoms with Gasteiger partial charge in [0.05, 0.1) is 109 Å². The average molecular weight is 1400 g/mol. The van der Waals surface area contributed by atoms with Gasteiger partial charge < -0.3 is 60.0 Å². The number of anilines is 3. The van der Waals surface area contributed by atoms with Crippen molar-refractivity contribution in [1.29, 1.82) is 15.9 Å². The molecule has 0 spiro atoms. The number of nitrogens with zero attached hydrogens (tertiary/aromatic N) is 12. The number of rotatable bonds is 29. The number of esters is 3. The Kier molecular flexibility index (Phi) is 39.0. The van der Waals surface area contributed by atoms with Gasteiger partial charge in [0.1, 0.15) is 19.8 Å². The molecule has 7 aromatic carbocycles. The third kappa shape index (κ3) is 33.4. The highest BCUT2D eigenvalue weighted by Crippen LogP contribution is 2.29. The Balaban J connectivity index is 0.000000356. The lowest BCUT2D eigenvalue weighted by Gasteiger charge is -2.26. The molecule has 7 rings (SSSR count). The number of aryl methyl sites for hydroxylation is 1. The summed E-state index contributed by atoms with van der Waals surface area (Å²) < 4.78 is 15.1. The molecular formula is C72H81BrN13O12+. The molecule has 0 heterocycles. The lowest BCUT2D eigenvalue weighted by molar-refractivity contribution is -0.139. The minimum atomic E-state index is -0.948. The first-order valence-electron chi connectivity index (χ1n) is 30.3. The van der Waals surface area contributed by atoms with Crippen molar-refractivity contribution in [1.82, 2.24) is 0 Å². The average Bonchev–Trinajstić information content (AvgIpc) is 0.911. The van der Waals surface area contributed by atoms with E-state index in [9.17, 15) is 29.7 Å². The number of azo groups is 3. The van der Waals surface area contributed by atoms with E-state index in [1.54, 1.807) is 112 Å². The molecule has 0 aliphatic heterocycles. The van der Waals surface area contributed by atoms with Gasteiger partial charge in [-0.1, -0.05) is 72.1 Å². The van der Waals surface area contributed by atoms with E-state index in [2.05, 4.69) is 82.7 Å². The van der Waals surface area contributed by atoms with Gasteiger partial charge in [-0.05, 0) is 161 Å². The van der Waals surface area contributed by atoms with Gasteiger partial charge in [-0.2, -0.15) is 41.2 Å². The van der Waals surface area contributed by atoms with Crippen molar-refractivity contribution < 1.29 is 59.2 Å². The highest BCUT2D eigenvalue weighted by Gasteiger charge is 2.16. The fourth-order valence-corrected chi connectivity index (χ4v) is 7.61. The molecule has 0 aliphatic rings. The smallest absolute Gasteiger partial charge is 0.385 e. The number of nitriles is 2. The molecule has 0 amide bonds. The third-order valence-electron chi connectivity index (χ3n) is 12.7. The molecule has 26 heteroatoms. The van der Waals surface area contributed by atoms with Crippen LogP contribution in [0.1, 0.15) is 37.5 Å². The zero-order valence-corrected chi connectivity index (χ0v) is 56.5. The largest absolute Gasteiger partial charge is 0.460 e. The SMILES string of the molecule is C=C(C)C(=O)OCCN(CC(O)CO)c1ccc(N=Nc2ccc(N=Nc3ccc(C#N)cc3)cc2C)cc1.C=C(C)C(=O)OCCN(CC(O)CO)c1ccccc1.C=C(C)C(=O)OCCNc1ccccc1.N#Cc1ccc(N=Nc2ccc([N+]#N)cc2)cc1.OCC(O)CBr. The van der Waals surface area contributed by atoms with Crippen LogP contribution in [0.5, 0.6) is 0 Å². The number of alkyl halides is 1. The van der Waals surface area contributed by atoms with E-state index in [0.29, 0.717) is 99.2 Å². The topological polar surface area (TPSA) is 369 Å². The van der Waals surface area contributed by atoms with Crippen LogP contribution >= 0.6 is 15.9 Å². The summed E-state index contributed by atoms with van der Waals surface area (Å²) in [6, 6.07) is 56.3. The maximum absolute atomic E-state index is 11.7. The second-order valence-corrected chi connectivity index (χ2v) is 21.6.